The zero-order chi connectivity index (χ0) is 14.5. The highest BCUT2D eigenvalue weighted by Crippen LogP contribution is 2.15. The minimum absolute atomic E-state index is 0.223. The van der Waals surface area contributed by atoms with E-state index in [2.05, 4.69) is 17.1 Å². The van der Waals surface area contributed by atoms with Gasteiger partial charge in [0.05, 0.1) is 10.5 Å². The molecule has 1 rings (SSSR count). The molecule has 0 aromatic carbocycles. The van der Waals surface area contributed by atoms with Gasteiger partial charge in [0, 0.05) is 19.1 Å². The first-order valence-corrected chi connectivity index (χ1v) is 9.05. The Kier molecular flexibility index (Phi) is 6.27. The lowest BCUT2D eigenvalue weighted by molar-refractivity contribution is 0.210. The van der Waals surface area contributed by atoms with E-state index >= 15 is 0 Å². The molecule has 0 saturated carbocycles. The maximum atomic E-state index is 12.0. The Morgan fingerprint density at radius 2 is 1.74 bits per heavy atom. The predicted molar refractivity (Wildman–Crippen MR) is 81.3 cm³/mol. The first-order chi connectivity index (χ1) is 8.72. The number of hydrogen-bond acceptors (Lipinski definition) is 4. The van der Waals surface area contributed by atoms with E-state index in [0.29, 0.717) is 12.6 Å². The lowest BCUT2D eigenvalue weighted by Gasteiger charge is -2.29. The molecule has 4 nitrogen and oxygen atoms in total. The Hall–Kier alpha value is -0.130. The molecule has 0 aliphatic carbocycles. The van der Waals surface area contributed by atoms with Crippen molar-refractivity contribution in [3.05, 3.63) is 0 Å². The maximum Gasteiger partial charge on any atom is 0.156 e. The van der Waals surface area contributed by atoms with E-state index in [0.717, 1.165) is 6.54 Å². The van der Waals surface area contributed by atoms with E-state index in [1.54, 1.807) is 20.8 Å². The zero-order valence-electron chi connectivity index (χ0n) is 12.9. The van der Waals surface area contributed by atoms with Crippen molar-refractivity contribution in [1.29, 1.82) is 0 Å². The summed E-state index contributed by atoms with van der Waals surface area (Å²) in [5.41, 5.74) is 0. The molecule has 1 fully saturated rings. The number of nitrogens with zero attached hydrogens (tertiary/aromatic N) is 1. The van der Waals surface area contributed by atoms with E-state index in [1.807, 2.05) is 0 Å². The third kappa shape index (κ3) is 5.79. The largest absolute Gasteiger partial charge is 0.312 e. The summed E-state index contributed by atoms with van der Waals surface area (Å²) in [7, 11) is -3.00. The van der Waals surface area contributed by atoms with E-state index in [1.165, 1.54) is 32.4 Å². The van der Waals surface area contributed by atoms with Gasteiger partial charge < -0.3 is 10.2 Å². The molecule has 1 aliphatic rings. The van der Waals surface area contributed by atoms with Crippen LogP contribution in [0.4, 0.5) is 0 Å². The van der Waals surface area contributed by atoms with Crippen molar-refractivity contribution >= 4 is 9.84 Å². The molecule has 19 heavy (non-hydrogen) atoms. The second-order valence-electron chi connectivity index (χ2n) is 6.65. The van der Waals surface area contributed by atoms with Crippen molar-refractivity contribution in [2.75, 3.05) is 31.9 Å². The van der Waals surface area contributed by atoms with E-state index < -0.39 is 14.6 Å². The fourth-order valence-corrected chi connectivity index (χ4v) is 3.34. The van der Waals surface area contributed by atoms with Crippen molar-refractivity contribution in [1.82, 2.24) is 10.2 Å². The van der Waals surface area contributed by atoms with Crippen LogP contribution in [0.3, 0.4) is 0 Å². The SMILES string of the molecule is CC(CN1CCCCC1)NCCS(=O)(=O)C(C)(C)C. The van der Waals surface area contributed by atoms with Crippen molar-refractivity contribution in [3.8, 4) is 0 Å². The Labute approximate surface area is 118 Å². The van der Waals surface area contributed by atoms with Gasteiger partial charge >= 0.3 is 0 Å². The van der Waals surface area contributed by atoms with Crippen molar-refractivity contribution in [3.63, 3.8) is 0 Å². The molecule has 0 radical (unpaired) electrons. The van der Waals surface area contributed by atoms with Crippen LogP contribution in [0.25, 0.3) is 0 Å². The normalized spacial score (nSPS) is 20.4. The van der Waals surface area contributed by atoms with Gasteiger partial charge in [-0.25, -0.2) is 8.42 Å². The highest BCUT2D eigenvalue weighted by atomic mass is 32.2. The fraction of sp³-hybridized carbons (Fsp3) is 1.00. The number of piperidine rings is 1. The molecule has 1 heterocycles. The van der Waals surface area contributed by atoms with Crippen molar-refractivity contribution in [2.45, 2.75) is 57.7 Å². The number of nitrogens with one attached hydrogen (secondary N) is 1. The van der Waals surface area contributed by atoms with Gasteiger partial charge in [-0.15, -0.1) is 0 Å². The highest BCUT2D eigenvalue weighted by Gasteiger charge is 2.28. The fourth-order valence-electron chi connectivity index (χ4n) is 2.34. The molecule has 0 spiro atoms. The molecular weight excluding hydrogens is 260 g/mol. The van der Waals surface area contributed by atoms with Crippen LogP contribution >= 0.6 is 0 Å². The van der Waals surface area contributed by atoms with Crippen LogP contribution in [0, 0.1) is 0 Å². The van der Waals surface area contributed by atoms with Crippen LogP contribution in [-0.2, 0) is 9.84 Å². The third-order valence-corrected chi connectivity index (χ3v) is 6.38. The van der Waals surface area contributed by atoms with E-state index in [9.17, 15) is 8.42 Å². The van der Waals surface area contributed by atoms with Gasteiger partial charge in [-0.1, -0.05) is 6.42 Å². The van der Waals surface area contributed by atoms with Crippen molar-refractivity contribution < 1.29 is 8.42 Å². The molecule has 1 N–H and O–H groups in total. The smallest absolute Gasteiger partial charge is 0.156 e. The van der Waals surface area contributed by atoms with E-state index in [4.69, 9.17) is 0 Å². The molecule has 0 bridgehead atoms. The molecule has 1 saturated heterocycles. The van der Waals surface area contributed by atoms with Crippen LogP contribution in [0.15, 0.2) is 0 Å². The summed E-state index contributed by atoms with van der Waals surface area (Å²) in [4.78, 5) is 2.47. The summed E-state index contributed by atoms with van der Waals surface area (Å²) in [6.07, 6.45) is 3.94. The second-order valence-corrected chi connectivity index (χ2v) is 9.51. The number of rotatable bonds is 6. The van der Waals surface area contributed by atoms with Gasteiger partial charge in [0.15, 0.2) is 9.84 Å². The molecule has 0 aromatic heterocycles. The first kappa shape index (κ1) is 16.9. The standard InChI is InChI=1S/C14H30N2O2S/c1-13(12-16-9-6-5-7-10-16)15-8-11-19(17,18)14(2,3)4/h13,15H,5-12H2,1-4H3. The summed E-state index contributed by atoms with van der Waals surface area (Å²) in [5, 5.41) is 3.34. The van der Waals surface area contributed by atoms with Crippen LogP contribution in [-0.4, -0.2) is 56.0 Å². The quantitative estimate of drug-likeness (QED) is 0.808. The summed E-state index contributed by atoms with van der Waals surface area (Å²) < 4.78 is 23.3. The molecule has 1 unspecified atom stereocenters. The molecule has 114 valence electrons. The average Bonchev–Trinajstić information content (AvgIpc) is 2.28. The predicted octanol–water partition coefficient (Wildman–Crippen LogP) is 1.66. The Bertz CT molecular complexity index is 354. The second kappa shape index (κ2) is 7.04. The van der Waals surface area contributed by atoms with Crippen molar-refractivity contribution in [2.24, 2.45) is 0 Å². The molecule has 0 amide bonds. The summed E-state index contributed by atoms with van der Waals surface area (Å²) >= 11 is 0. The molecule has 5 heteroatoms. The summed E-state index contributed by atoms with van der Waals surface area (Å²) in [6, 6.07) is 0.355. The van der Waals surface area contributed by atoms with Crippen LogP contribution in [0.2, 0.25) is 0 Å². The zero-order valence-corrected chi connectivity index (χ0v) is 13.7. The summed E-state index contributed by atoms with van der Waals surface area (Å²) in [5.74, 6) is 0.223. The monoisotopic (exact) mass is 290 g/mol. The number of likely N-dealkylation sites (tertiary alicyclic amines) is 1. The topological polar surface area (TPSA) is 49.4 Å². The number of sulfone groups is 1. The van der Waals surface area contributed by atoms with Gasteiger partial charge in [0.1, 0.15) is 0 Å². The maximum absolute atomic E-state index is 12.0. The van der Waals surface area contributed by atoms with Crippen LogP contribution < -0.4 is 5.32 Å². The average molecular weight is 290 g/mol. The molecular formula is C14H30N2O2S. The molecule has 1 aliphatic heterocycles. The minimum atomic E-state index is -3.00. The highest BCUT2D eigenvalue weighted by molar-refractivity contribution is 7.92. The third-order valence-electron chi connectivity index (χ3n) is 3.78. The molecule has 0 aromatic rings. The number of hydrogen-bond donors (Lipinski definition) is 1. The van der Waals surface area contributed by atoms with Gasteiger partial charge in [-0.3, -0.25) is 0 Å². The van der Waals surface area contributed by atoms with Crippen LogP contribution in [0.1, 0.15) is 47.0 Å². The van der Waals surface area contributed by atoms with Gasteiger partial charge in [-0.2, -0.15) is 0 Å². The first-order valence-electron chi connectivity index (χ1n) is 7.40. The van der Waals surface area contributed by atoms with Gasteiger partial charge in [0.25, 0.3) is 0 Å². The van der Waals surface area contributed by atoms with Crippen LogP contribution in [0.5, 0.6) is 0 Å². The Morgan fingerprint density at radius 1 is 1.16 bits per heavy atom. The molecule has 1 atom stereocenters. The Morgan fingerprint density at radius 3 is 2.26 bits per heavy atom. The van der Waals surface area contributed by atoms with Gasteiger partial charge in [-0.05, 0) is 53.6 Å². The minimum Gasteiger partial charge on any atom is -0.312 e. The Balaban J connectivity index is 2.25. The lowest BCUT2D eigenvalue weighted by atomic mass is 10.1. The van der Waals surface area contributed by atoms with Gasteiger partial charge in [0.2, 0.25) is 0 Å². The lowest BCUT2D eigenvalue weighted by Crippen LogP contribution is -2.43. The van der Waals surface area contributed by atoms with E-state index in [-0.39, 0.29) is 5.75 Å². The summed E-state index contributed by atoms with van der Waals surface area (Å²) in [6.45, 7) is 11.4.